The predicted octanol–water partition coefficient (Wildman–Crippen LogP) is 3.00. The highest BCUT2D eigenvalue weighted by Gasteiger charge is 2.29. The molecule has 1 N–H and O–H groups in total. The summed E-state index contributed by atoms with van der Waals surface area (Å²) < 4.78 is 13.8. The molecular weight excluding hydrogens is 309 g/mol. The van der Waals surface area contributed by atoms with E-state index in [1.807, 2.05) is 30.3 Å². The molecule has 1 amide bonds. The SMILES string of the molecule is O=C(O)[C@H](CC(=O)N1Cc2cccc(F)c2C1)Cc1ccccc1. The second kappa shape index (κ2) is 6.83. The van der Waals surface area contributed by atoms with Crippen LogP contribution in [0.5, 0.6) is 0 Å². The monoisotopic (exact) mass is 327 g/mol. The Kier molecular flexibility index (Phi) is 4.60. The van der Waals surface area contributed by atoms with Gasteiger partial charge in [-0.15, -0.1) is 0 Å². The van der Waals surface area contributed by atoms with Crippen LogP contribution in [-0.4, -0.2) is 21.9 Å². The smallest absolute Gasteiger partial charge is 0.307 e. The number of hydrogen-bond acceptors (Lipinski definition) is 2. The van der Waals surface area contributed by atoms with Gasteiger partial charge >= 0.3 is 5.97 Å². The molecule has 2 aromatic rings. The first-order chi connectivity index (χ1) is 11.5. The minimum Gasteiger partial charge on any atom is -0.481 e. The average molecular weight is 327 g/mol. The molecule has 0 saturated heterocycles. The van der Waals surface area contributed by atoms with Crippen LogP contribution in [0.2, 0.25) is 0 Å². The Morgan fingerprint density at radius 1 is 1.08 bits per heavy atom. The van der Waals surface area contributed by atoms with Gasteiger partial charge < -0.3 is 10.0 Å². The van der Waals surface area contributed by atoms with Crippen LogP contribution >= 0.6 is 0 Å². The van der Waals surface area contributed by atoms with Gasteiger partial charge in [0.05, 0.1) is 5.92 Å². The summed E-state index contributed by atoms with van der Waals surface area (Å²) in [6.07, 6.45) is 0.219. The van der Waals surface area contributed by atoms with Gasteiger partial charge in [0, 0.05) is 25.1 Å². The van der Waals surface area contributed by atoms with Crippen molar-refractivity contribution in [2.45, 2.75) is 25.9 Å². The van der Waals surface area contributed by atoms with E-state index in [0.29, 0.717) is 18.5 Å². The van der Waals surface area contributed by atoms with Gasteiger partial charge in [-0.05, 0) is 23.6 Å². The number of fused-ring (bicyclic) bond motifs is 1. The summed E-state index contributed by atoms with van der Waals surface area (Å²) in [7, 11) is 0. The third-order valence-electron chi connectivity index (χ3n) is 4.37. The van der Waals surface area contributed by atoms with Crippen molar-refractivity contribution in [3.05, 3.63) is 71.0 Å². The van der Waals surface area contributed by atoms with Gasteiger partial charge in [-0.3, -0.25) is 9.59 Å². The van der Waals surface area contributed by atoms with E-state index in [0.717, 1.165) is 11.1 Å². The number of carboxylic acids is 1. The number of carboxylic acid groups (broad SMARTS) is 1. The van der Waals surface area contributed by atoms with E-state index in [1.165, 1.54) is 11.0 Å². The maximum atomic E-state index is 13.8. The van der Waals surface area contributed by atoms with Crippen molar-refractivity contribution >= 4 is 11.9 Å². The Hall–Kier alpha value is -2.69. The highest BCUT2D eigenvalue weighted by atomic mass is 19.1. The average Bonchev–Trinajstić information content (AvgIpc) is 3.01. The number of aliphatic carboxylic acids is 1. The lowest BCUT2D eigenvalue weighted by Gasteiger charge is -2.18. The molecule has 5 heteroatoms. The Balaban J connectivity index is 1.67. The molecule has 1 aliphatic heterocycles. The molecule has 0 aliphatic carbocycles. The van der Waals surface area contributed by atoms with E-state index in [2.05, 4.69) is 0 Å². The van der Waals surface area contributed by atoms with Gasteiger partial charge in [0.1, 0.15) is 5.82 Å². The Morgan fingerprint density at radius 3 is 2.50 bits per heavy atom. The van der Waals surface area contributed by atoms with Gasteiger partial charge in [-0.1, -0.05) is 42.5 Å². The number of benzene rings is 2. The highest BCUT2D eigenvalue weighted by molar-refractivity contribution is 5.83. The zero-order chi connectivity index (χ0) is 17.1. The Bertz CT molecular complexity index is 760. The summed E-state index contributed by atoms with van der Waals surface area (Å²) in [5, 5.41) is 9.41. The Morgan fingerprint density at radius 2 is 1.83 bits per heavy atom. The van der Waals surface area contributed by atoms with Crippen LogP contribution in [0.25, 0.3) is 0 Å². The lowest BCUT2D eigenvalue weighted by Crippen LogP contribution is -2.30. The van der Waals surface area contributed by atoms with Crippen LogP contribution in [0.3, 0.4) is 0 Å². The molecule has 0 unspecified atom stereocenters. The number of amides is 1. The molecule has 0 fully saturated rings. The quantitative estimate of drug-likeness (QED) is 0.918. The van der Waals surface area contributed by atoms with Gasteiger partial charge in [0.2, 0.25) is 5.91 Å². The first kappa shape index (κ1) is 16.2. The van der Waals surface area contributed by atoms with Crippen molar-refractivity contribution < 1.29 is 19.1 Å². The molecular formula is C19H18FNO3. The van der Waals surface area contributed by atoms with Crippen LogP contribution in [-0.2, 0) is 29.1 Å². The zero-order valence-electron chi connectivity index (χ0n) is 13.1. The van der Waals surface area contributed by atoms with Crippen molar-refractivity contribution in [2.24, 2.45) is 5.92 Å². The number of rotatable bonds is 5. The van der Waals surface area contributed by atoms with E-state index in [1.54, 1.807) is 12.1 Å². The molecule has 2 aromatic carbocycles. The first-order valence-electron chi connectivity index (χ1n) is 7.85. The fourth-order valence-electron chi connectivity index (χ4n) is 3.04. The third-order valence-corrected chi connectivity index (χ3v) is 4.37. The maximum Gasteiger partial charge on any atom is 0.307 e. The summed E-state index contributed by atoms with van der Waals surface area (Å²) in [6.45, 7) is 0.544. The summed E-state index contributed by atoms with van der Waals surface area (Å²) >= 11 is 0. The van der Waals surface area contributed by atoms with Crippen LogP contribution in [0.15, 0.2) is 48.5 Å². The topological polar surface area (TPSA) is 57.6 Å². The molecule has 0 saturated carbocycles. The van der Waals surface area contributed by atoms with Crippen molar-refractivity contribution in [3.63, 3.8) is 0 Å². The lowest BCUT2D eigenvalue weighted by molar-refractivity contribution is -0.146. The second-order valence-electron chi connectivity index (χ2n) is 6.06. The molecule has 0 aromatic heterocycles. The molecule has 124 valence electrons. The molecule has 0 spiro atoms. The van der Waals surface area contributed by atoms with Crippen LogP contribution in [0, 0.1) is 11.7 Å². The predicted molar refractivity (Wildman–Crippen MR) is 86.5 cm³/mol. The van der Waals surface area contributed by atoms with E-state index in [9.17, 15) is 19.1 Å². The van der Waals surface area contributed by atoms with E-state index < -0.39 is 11.9 Å². The largest absolute Gasteiger partial charge is 0.481 e. The number of halogens is 1. The number of carbonyl (C=O) groups is 2. The Labute approximate surface area is 139 Å². The fourth-order valence-corrected chi connectivity index (χ4v) is 3.04. The number of nitrogens with zero attached hydrogens (tertiary/aromatic N) is 1. The van der Waals surface area contributed by atoms with Crippen molar-refractivity contribution in [1.29, 1.82) is 0 Å². The van der Waals surface area contributed by atoms with Crippen LogP contribution in [0.1, 0.15) is 23.1 Å². The van der Waals surface area contributed by atoms with Gasteiger partial charge in [0.25, 0.3) is 0 Å². The first-order valence-corrected chi connectivity index (χ1v) is 7.85. The molecule has 24 heavy (non-hydrogen) atoms. The molecule has 0 radical (unpaired) electrons. The lowest BCUT2D eigenvalue weighted by atomic mass is 9.96. The maximum absolute atomic E-state index is 13.8. The van der Waals surface area contributed by atoms with Crippen LogP contribution < -0.4 is 0 Å². The molecule has 3 rings (SSSR count). The highest BCUT2D eigenvalue weighted by Crippen LogP contribution is 2.26. The zero-order valence-corrected chi connectivity index (χ0v) is 13.1. The standard InChI is InChI=1S/C19H18FNO3/c20-17-8-4-7-14-11-21(12-16(14)17)18(22)10-15(19(23)24)9-13-5-2-1-3-6-13/h1-8,15H,9-12H2,(H,23,24)/t15-/m0/s1. The molecule has 4 nitrogen and oxygen atoms in total. The second-order valence-corrected chi connectivity index (χ2v) is 6.06. The summed E-state index contributed by atoms with van der Waals surface area (Å²) in [5.74, 6) is -2.35. The van der Waals surface area contributed by atoms with Crippen LogP contribution in [0.4, 0.5) is 4.39 Å². The molecule has 1 heterocycles. The van der Waals surface area contributed by atoms with Crippen molar-refractivity contribution in [2.75, 3.05) is 0 Å². The third kappa shape index (κ3) is 3.45. The van der Waals surface area contributed by atoms with Crippen molar-refractivity contribution in [3.8, 4) is 0 Å². The molecule has 0 bridgehead atoms. The number of hydrogen-bond donors (Lipinski definition) is 1. The summed E-state index contributed by atoms with van der Waals surface area (Å²) in [5.41, 5.74) is 2.20. The minimum atomic E-state index is -0.991. The molecule has 1 aliphatic rings. The number of carbonyl (C=O) groups excluding carboxylic acids is 1. The van der Waals surface area contributed by atoms with E-state index in [4.69, 9.17) is 0 Å². The van der Waals surface area contributed by atoms with E-state index >= 15 is 0 Å². The molecule has 1 atom stereocenters. The van der Waals surface area contributed by atoms with Gasteiger partial charge in [-0.2, -0.15) is 0 Å². The van der Waals surface area contributed by atoms with Gasteiger partial charge in [-0.25, -0.2) is 4.39 Å². The summed E-state index contributed by atoms with van der Waals surface area (Å²) in [4.78, 5) is 25.5. The van der Waals surface area contributed by atoms with E-state index in [-0.39, 0.29) is 24.7 Å². The minimum absolute atomic E-state index is 0.0835. The fraction of sp³-hybridized carbons (Fsp3) is 0.263. The van der Waals surface area contributed by atoms with Crippen molar-refractivity contribution in [1.82, 2.24) is 4.90 Å². The summed E-state index contributed by atoms with van der Waals surface area (Å²) in [6, 6.07) is 14.0. The normalized spacial score (nSPS) is 14.3. The van der Waals surface area contributed by atoms with Gasteiger partial charge in [0.15, 0.2) is 0 Å².